The molecule has 2 aromatic carbocycles. The molecule has 0 unspecified atom stereocenters. The van der Waals surface area contributed by atoms with Crippen LogP contribution in [-0.2, 0) is 12.8 Å². The fraction of sp³-hybridized carbons (Fsp3) is 0.133. The first-order chi connectivity index (χ1) is 9.88. The van der Waals surface area contributed by atoms with E-state index < -0.39 is 11.7 Å². The van der Waals surface area contributed by atoms with Crippen LogP contribution in [0, 0.1) is 0 Å². The Morgan fingerprint density at radius 3 is 2.33 bits per heavy atom. The van der Waals surface area contributed by atoms with Gasteiger partial charge in [-0.15, -0.1) is 0 Å². The van der Waals surface area contributed by atoms with Crippen LogP contribution in [0.1, 0.15) is 21.5 Å². The molecule has 2 rings (SSSR count). The van der Waals surface area contributed by atoms with Crippen LogP contribution in [0.2, 0.25) is 5.02 Å². The Labute approximate surface area is 124 Å². The van der Waals surface area contributed by atoms with E-state index in [2.05, 4.69) is 0 Å². The second-order valence-electron chi connectivity index (χ2n) is 4.32. The zero-order chi connectivity index (χ0) is 15.5. The quantitative estimate of drug-likeness (QED) is 0.761. The molecule has 6 heteroatoms. The molecule has 0 fully saturated rings. The highest BCUT2D eigenvalue weighted by Gasteiger charge is 2.31. The Balaban J connectivity index is 2.19. The Morgan fingerprint density at radius 1 is 1.10 bits per heavy atom. The normalized spacial score (nSPS) is 11.2. The molecular weight excluding hydrogens is 305 g/mol. The van der Waals surface area contributed by atoms with Crippen LogP contribution < -0.4 is 4.74 Å². The van der Waals surface area contributed by atoms with Crippen molar-refractivity contribution in [3.8, 4) is 5.75 Å². The maximum Gasteiger partial charge on any atom is 0.416 e. The first-order valence-corrected chi connectivity index (χ1v) is 6.31. The third-order valence-corrected chi connectivity index (χ3v) is 2.96. The third kappa shape index (κ3) is 4.23. The predicted molar refractivity (Wildman–Crippen MR) is 72.6 cm³/mol. The zero-order valence-electron chi connectivity index (χ0n) is 10.7. The summed E-state index contributed by atoms with van der Waals surface area (Å²) in [7, 11) is 0. The van der Waals surface area contributed by atoms with Crippen LogP contribution >= 0.6 is 11.6 Å². The number of aldehydes is 1. The molecule has 0 aliphatic carbocycles. The first-order valence-electron chi connectivity index (χ1n) is 5.93. The fourth-order valence-corrected chi connectivity index (χ4v) is 1.81. The van der Waals surface area contributed by atoms with Gasteiger partial charge in [-0.3, -0.25) is 4.79 Å². The molecule has 110 valence electrons. The lowest BCUT2D eigenvalue weighted by Crippen LogP contribution is -2.06. The number of alkyl halides is 3. The number of rotatable bonds is 4. The number of halogens is 4. The third-order valence-electron chi connectivity index (χ3n) is 2.71. The van der Waals surface area contributed by atoms with Crippen LogP contribution in [0.25, 0.3) is 0 Å². The van der Waals surface area contributed by atoms with Gasteiger partial charge in [0.15, 0.2) is 0 Å². The van der Waals surface area contributed by atoms with Gasteiger partial charge in [-0.2, -0.15) is 13.2 Å². The lowest BCUT2D eigenvalue weighted by atomic mass is 10.1. The van der Waals surface area contributed by atoms with Gasteiger partial charge in [-0.05, 0) is 35.9 Å². The molecule has 0 N–H and O–H groups in total. The highest BCUT2D eigenvalue weighted by molar-refractivity contribution is 6.30. The average Bonchev–Trinajstić information content (AvgIpc) is 2.45. The Hall–Kier alpha value is -2.01. The van der Waals surface area contributed by atoms with Crippen LogP contribution in [0.5, 0.6) is 5.75 Å². The molecule has 21 heavy (non-hydrogen) atoms. The van der Waals surface area contributed by atoms with E-state index in [4.69, 9.17) is 16.3 Å². The monoisotopic (exact) mass is 314 g/mol. The van der Waals surface area contributed by atoms with Crippen molar-refractivity contribution in [2.75, 3.05) is 0 Å². The number of carbonyl (C=O) groups is 1. The largest absolute Gasteiger partial charge is 0.489 e. The van der Waals surface area contributed by atoms with E-state index in [1.807, 2.05) is 0 Å². The summed E-state index contributed by atoms with van der Waals surface area (Å²) < 4.78 is 43.4. The molecule has 0 heterocycles. The van der Waals surface area contributed by atoms with E-state index >= 15 is 0 Å². The second kappa shape index (κ2) is 6.18. The second-order valence-corrected chi connectivity index (χ2v) is 4.76. The van der Waals surface area contributed by atoms with Gasteiger partial charge in [0.1, 0.15) is 18.6 Å². The van der Waals surface area contributed by atoms with Crippen molar-refractivity contribution in [1.29, 1.82) is 0 Å². The molecule has 2 aromatic rings. The molecule has 0 spiro atoms. The molecule has 0 saturated carbocycles. The summed E-state index contributed by atoms with van der Waals surface area (Å²) in [5.74, 6) is -0.0122. The minimum absolute atomic E-state index is 0.0122. The van der Waals surface area contributed by atoms with Gasteiger partial charge in [0.25, 0.3) is 0 Å². The molecule has 0 saturated heterocycles. The van der Waals surface area contributed by atoms with E-state index in [-0.39, 0.29) is 17.9 Å². The lowest BCUT2D eigenvalue weighted by molar-refractivity contribution is -0.137. The van der Waals surface area contributed by atoms with Crippen molar-refractivity contribution < 1.29 is 22.7 Å². The lowest BCUT2D eigenvalue weighted by Gasteiger charge is -2.11. The van der Waals surface area contributed by atoms with E-state index in [1.165, 1.54) is 6.07 Å². The number of hydrogen-bond donors (Lipinski definition) is 0. The molecule has 0 radical (unpaired) electrons. The molecule has 0 atom stereocenters. The summed E-state index contributed by atoms with van der Waals surface area (Å²) in [6.45, 7) is 0.0801. The van der Waals surface area contributed by atoms with Gasteiger partial charge < -0.3 is 4.74 Å². The van der Waals surface area contributed by atoms with Crippen molar-refractivity contribution in [2.45, 2.75) is 12.8 Å². The Morgan fingerprint density at radius 2 is 1.76 bits per heavy atom. The molecule has 0 aliphatic heterocycles. The minimum Gasteiger partial charge on any atom is -0.489 e. The minimum atomic E-state index is -4.53. The van der Waals surface area contributed by atoms with Gasteiger partial charge in [-0.25, -0.2) is 0 Å². The number of benzene rings is 2. The fourth-order valence-electron chi connectivity index (χ4n) is 1.68. The highest BCUT2D eigenvalue weighted by Crippen LogP contribution is 2.32. The van der Waals surface area contributed by atoms with Crippen molar-refractivity contribution in [1.82, 2.24) is 0 Å². The molecular formula is C15H10ClF3O2. The van der Waals surface area contributed by atoms with Crippen LogP contribution in [-0.4, -0.2) is 6.29 Å². The van der Waals surface area contributed by atoms with E-state index in [9.17, 15) is 18.0 Å². The average molecular weight is 315 g/mol. The highest BCUT2D eigenvalue weighted by atomic mass is 35.5. The predicted octanol–water partition coefficient (Wildman–Crippen LogP) is 4.75. The Bertz CT molecular complexity index is 636. The van der Waals surface area contributed by atoms with Crippen molar-refractivity contribution in [3.05, 3.63) is 64.2 Å². The summed E-state index contributed by atoms with van der Waals surface area (Å²) in [4.78, 5) is 10.7. The maximum atomic E-state index is 12.7. The molecule has 0 amide bonds. The van der Waals surface area contributed by atoms with Gasteiger partial charge in [0.2, 0.25) is 0 Å². The van der Waals surface area contributed by atoms with E-state index in [0.29, 0.717) is 11.3 Å². The van der Waals surface area contributed by atoms with Crippen LogP contribution in [0.15, 0.2) is 42.5 Å². The summed E-state index contributed by atoms with van der Waals surface area (Å²) in [5.41, 5.74) is -0.251. The standard InChI is InChI=1S/C15H10ClF3O2/c16-13-3-1-10(2-4-13)9-21-14-6-11(8-20)5-12(7-14)15(17,18)19/h1-8H,9H2. The van der Waals surface area contributed by atoms with Crippen molar-refractivity contribution in [2.24, 2.45) is 0 Å². The number of carbonyl (C=O) groups excluding carboxylic acids is 1. The number of ether oxygens (including phenoxy) is 1. The molecule has 0 bridgehead atoms. The summed E-state index contributed by atoms with van der Waals surface area (Å²) >= 11 is 5.73. The van der Waals surface area contributed by atoms with Gasteiger partial charge >= 0.3 is 6.18 Å². The summed E-state index contributed by atoms with van der Waals surface area (Å²) in [6, 6.07) is 9.63. The summed E-state index contributed by atoms with van der Waals surface area (Å²) in [6.07, 6.45) is -4.18. The van der Waals surface area contributed by atoms with Gasteiger partial charge in [-0.1, -0.05) is 23.7 Å². The van der Waals surface area contributed by atoms with Crippen LogP contribution in [0.3, 0.4) is 0 Å². The van der Waals surface area contributed by atoms with Gasteiger partial charge in [0, 0.05) is 10.6 Å². The number of hydrogen-bond acceptors (Lipinski definition) is 2. The topological polar surface area (TPSA) is 26.3 Å². The smallest absolute Gasteiger partial charge is 0.416 e. The Kier molecular flexibility index (Phi) is 4.53. The van der Waals surface area contributed by atoms with Crippen LogP contribution in [0.4, 0.5) is 13.2 Å². The maximum absolute atomic E-state index is 12.7. The van der Waals surface area contributed by atoms with E-state index in [0.717, 1.165) is 17.7 Å². The molecule has 0 aromatic heterocycles. The molecule has 0 aliphatic rings. The SMILES string of the molecule is O=Cc1cc(OCc2ccc(Cl)cc2)cc(C(F)(F)F)c1. The zero-order valence-corrected chi connectivity index (χ0v) is 11.4. The van der Waals surface area contributed by atoms with Gasteiger partial charge in [0.05, 0.1) is 5.56 Å². The van der Waals surface area contributed by atoms with Crippen molar-refractivity contribution >= 4 is 17.9 Å². The van der Waals surface area contributed by atoms with E-state index in [1.54, 1.807) is 24.3 Å². The first kappa shape index (κ1) is 15.4. The van der Waals surface area contributed by atoms with Crippen molar-refractivity contribution in [3.63, 3.8) is 0 Å². The summed E-state index contributed by atoms with van der Waals surface area (Å²) in [5, 5.41) is 0.557. The molecule has 2 nitrogen and oxygen atoms in total.